The number of aryl methyl sites for hydroxylation is 1. The summed E-state index contributed by atoms with van der Waals surface area (Å²) < 4.78 is 2.03. The van der Waals surface area contributed by atoms with E-state index in [0.717, 1.165) is 27.6 Å². The first-order chi connectivity index (χ1) is 13.6. The van der Waals surface area contributed by atoms with E-state index < -0.39 is 6.10 Å². The summed E-state index contributed by atoms with van der Waals surface area (Å²) in [6.07, 6.45) is 1.24. The van der Waals surface area contributed by atoms with Crippen molar-refractivity contribution in [3.8, 4) is 11.1 Å². The molecule has 0 aliphatic carbocycles. The normalized spacial score (nSPS) is 12.1. The van der Waals surface area contributed by atoms with Crippen LogP contribution in [0.25, 0.3) is 22.0 Å². The lowest BCUT2D eigenvalue weighted by Gasteiger charge is -2.13. The molecule has 2 N–H and O–H groups in total. The van der Waals surface area contributed by atoms with Gasteiger partial charge in [-0.05, 0) is 52.4 Å². The van der Waals surface area contributed by atoms with Crippen molar-refractivity contribution < 1.29 is 9.90 Å². The molecule has 0 saturated carbocycles. The van der Waals surface area contributed by atoms with Gasteiger partial charge in [0.1, 0.15) is 0 Å². The van der Waals surface area contributed by atoms with Gasteiger partial charge in [-0.25, -0.2) is 0 Å². The molecule has 4 rings (SSSR count). The average Bonchev–Trinajstić information content (AvgIpc) is 3.12. The van der Waals surface area contributed by atoms with Gasteiger partial charge in [0.15, 0.2) is 0 Å². The Balaban J connectivity index is 1.40. The molecule has 0 spiro atoms. The second-order valence-electron chi connectivity index (χ2n) is 6.91. The van der Waals surface area contributed by atoms with Crippen LogP contribution in [-0.4, -0.2) is 22.1 Å². The van der Waals surface area contributed by atoms with E-state index in [1.165, 1.54) is 0 Å². The SMILES string of the molecule is Cn1ccc2cc(C(O)CNC(=O)c3ccc(-c4ccccc4)cc3)ccc21. The molecule has 1 aromatic heterocycles. The van der Waals surface area contributed by atoms with Gasteiger partial charge >= 0.3 is 0 Å². The zero-order valence-corrected chi connectivity index (χ0v) is 15.7. The molecule has 4 nitrogen and oxygen atoms in total. The van der Waals surface area contributed by atoms with Crippen LogP contribution in [0.15, 0.2) is 85.1 Å². The largest absolute Gasteiger partial charge is 0.387 e. The standard InChI is InChI=1S/C24H22N2O2/c1-26-14-13-20-15-21(11-12-22(20)26)23(27)16-25-24(28)19-9-7-18(8-10-19)17-5-3-2-4-6-17/h2-15,23,27H,16H2,1H3,(H,25,28). The number of aliphatic hydroxyl groups is 1. The maximum Gasteiger partial charge on any atom is 0.251 e. The summed E-state index contributed by atoms with van der Waals surface area (Å²) in [6.45, 7) is 0.164. The summed E-state index contributed by atoms with van der Waals surface area (Å²) >= 11 is 0. The zero-order chi connectivity index (χ0) is 19.5. The third kappa shape index (κ3) is 3.68. The lowest BCUT2D eigenvalue weighted by atomic mass is 10.0. The smallest absolute Gasteiger partial charge is 0.251 e. The van der Waals surface area contributed by atoms with E-state index in [2.05, 4.69) is 5.32 Å². The first-order valence-corrected chi connectivity index (χ1v) is 9.28. The van der Waals surface area contributed by atoms with Crippen LogP contribution in [0.2, 0.25) is 0 Å². The minimum absolute atomic E-state index is 0.164. The number of rotatable bonds is 5. The number of carbonyl (C=O) groups excluding carboxylic acids is 1. The Bertz CT molecular complexity index is 1100. The van der Waals surface area contributed by atoms with Gasteiger partial charge in [0.05, 0.1) is 6.10 Å². The van der Waals surface area contributed by atoms with Gasteiger partial charge < -0.3 is 15.0 Å². The van der Waals surface area contributed by atoms with Gasteiger partial charge in [-0.2, -0.15) is 0 Å². The molecule has 0 radical (unpaired) electrons. The number of carbonyl (C=O) groups is 1. The second-order valence-corrected chi connectivity index (χ2v) is 6.91. The number of aromatic nitrogens is 1. The summed E-state index contributed by atoms with van der Waals surface area (Å²) in [4.78, 5) is 12.4. The summed E-state index contributed by atoms with van der Waals surface area (Å²) in [5.74, 6) is -0.195. The zero-order valence-electron chi connectivity index (χ0n) is 15.7. The van der Waals surface area contributed by atoms with E-state index >= 15 is 0 Å². The molecule has 0 bridgehead atoms. The molecule has 1 unspecified atom stereocenters. The third-order valence-corrected chi connectivity index (χ3v) is 5.00. The quantitative estimate of drug-likeness (QED) is 0.550. The minimum atomic E-state index is -0.753. The van der Waals surface area contributed by atoms with Crippen molar-refractivity contribution in [1.82, 2.24) is 9.88 Å². The molecule has 140 valence electrons. The summed E-state index contributed by atoms with van der Waals surface area (Å²) in [7, 11) is 1.99. The topological polar surface area (TPSA) is 54.3 Å². The number of nitrogens with one attached hydrogen (secondary N) is 1. The summed E-state index contributed by atoms with van der Waals surface area (Å²) in [5, 5.41) is 14.3. The van der Waals surface area contributed by atoms with Crippen LogP contribution in [0.3, 0.4) is 0 Å². The first-order valence-electron chi connectivity index (χ1n) is 9.28. The number of hydrogen-bond donors (Lipinski definition) is 2. The van der Waals surface area contributed by atoms with Crippen LogP contribution in [0, 0.1) is 0 Å². The van der Waals surface area contributed by atoms with Crippen molar-refractivity contribution >= 4 is 16.8 Å². The fourth-order valence-corrected chi connectivity index (χ4v) is 3.36. The molecule has 0 saturated heterocycles. The molecule has 1 atom stereocenters. The van der Waals surface area contributed by atoms with E-state index in [1.807, 2.05) is 84.5 Å². The second kappa shape index (κ2) is 7.71. The molecule has 0 fully saturated rings. The van der Waals surface area contributed by atoms with Crippen LogP contribution in [0.4, 0.5) is 0 Å². The van der Waals surface area contributed by atoms with Gasteiger partial charge in [-0.3, -0.25) is 4.79 Å². The fraction of sp³-hybridized carbons (Fsp3) is 0.125. The summed E-state index contributed by atoms with van der Waals surface area (Å²) in [5.41, 5.74) is 4.65. The van der Waals surface area contributed by atoms with E-state index in [9.17, 15) is 9.90 Å². The molecule has 4 heteroatoms. The molecule has 3 aromatic carbocycles. The Hall–Kier alpha value is -3.37. The van der Waals surface area contributed by atoms with Crippen molar-refractivity contribution in [2.24, 2.45) is 7.05 Å². The Morgan fingerprint density at radius 3 is 2.43 bits per heavy atom. The monoisotopic (exact) mass is 370 g/mol. The van der Waals surface area contributed by atoms with Crippen LogP contribution in [0.1, 0.15) is 22.0 Å². The number of nitrogens with zero attached hydrogens (tertiary/aromatic N) is 1. The Morgan fingerprint density at radius 2 is 1.68 bits per heavy atom. The molecule has 28 heavy (non-hydrogen) atoms. The van der Waals surface area contributed by atoms with E-state index in [-0.39, 0.29) is 12.5 Å². The van der Waals surface area contributed by atoms with Gasteiger partial charge in [0.25, 0.3) is 5.91 Å². The van der Waals surface area contributed by atoms with Gasteiger partial charge in [0, 0.05) is 30.9 Å². The highest BCUT2D eigenvalue weighted by molar-refractivity contribution is 5.94. The molecular weight excluding hydrogens is 348 g/mol. The van der Waals surface area contributed by atoms with Crippen LogP contribution < -0.4 is 5.32 Å². The highest BCUT2D eigenvalue weighted by Gasteiger charge is 2.12. The Morgan fingerprint density at radius 1 is 0.964 bits per heavy atom. The average molecular weight is 370 g/mol. The molecule has 4 aromatic rings. The molecule has 1 amide bonds. The number of amides is 1. The van der Waals surface area contributed by atoms with Gasteiger partial charge in [-0.15, -0.1) is 0 Å². The first kappa shape index (κ1) is 18.0. The molecule has 0 aliphatic rings. The lowest BCUT2D eigenvalue weighted by molar-refractivity contribution is 0.0916. The Kier molecular flexibility index (Phi) is 4.96. The number of aliphatic hydroxyl groups excluding tert-OH is 1. The maximum atomic E-state index is 12.4. The van der Waals surface area contributed by atoms with Crippen molar-refractivity contribution in [3.05, 3.63) is 96.2 Å². The molecular formula is C24H22N2O2. The molecule has 1 heterocycles. The van der Waals surface area contributed by atoms with Crippen molar-refractivity contribution in [1.29, 1.82) is 0 Å². The van der Waals surface area contributed by atoms with E-state index in [1.54, 1.807) is 12.1 Å². The van der Waals surface area contributed by atoms with Crippen LogP contribution >= 0.6 is 0 Å². The van der Waals surface area contributed by atoms with E-state index in [0.29, 0.717) is 5.56 Å². The van der Waals surface area contributed by atoms with E-state index in [4.69, 9.17) is 0 Å². The number of hydrogen-bond acceptors (Lipinski definition) is 2. The van der Waals surface area contributed by atoms with Gasteiger partial charge in [0.2, 0.25) is 0 Å². The van der Waals surface area contributed by atoms with Gasteiger partial charge in [-0.1, -0.05) is 48.5 Å². The van der Waals surface area contributed by atoms with Crippen molar-refractivity contribution in [3.63, 3.8) is 0 Å². The maximum absolute atomic E-state index is 12.4. The molecule has 0 aliphatic heterocycles. The minimum Gasteiger partial charge on any atom is -0.387 e. The summed E-state index contributed by atoms with van der Waals surface area (Å²) in [6, 6.07) is 25.4. The number of fused-ring (bicyclic) bond motifs is 1. The van der Waals surface area contributed by atoms with Crippen LogP contribution in [-0.2, 0) is 7.05 Å². The lowest BCUT2D eigenvalue weighted by Crippen LogP contribution is -2.28. The highest BCUT2D eigenvalue weighted by atomic mass is 16.3. The predicted molar refractivity (Wildman–Crippen MR) is 112 cm³/mol. The fourth-order valence-electron chi connectivity index (χ4n) is 3.36. The van der Waals surface area contributed by atoms with Crippen LogP contribution in [0.5, 0.6) is 0 Å². The third-order valence-electron chi connectivity index (χ3n) is 5.00. The number of benzene rings is 3. The predicted octanol–water partition coefficient (Wildman–Crippen LogP) is 4.31. The highest BCUT2D eigenvalue weighted by Crippen LogP contribution is 2.21. The van der Waals surface area contributed by atoms with Crippen molar-refractivity contribution in [2.45, 2.75) is 6.10 Å². The Labute approximate surface area is 164 Å². The van der Waals surface area contributed by atoms with Crippen molar-refractivity contribution in [2.75, 3.05) is 6.54 Å².